The predicted octanol–water partition coefficient (Wildman–Crippen LogP) is 2.08. The van der Waals surface area contributed by atoms with E-state index in [4.69, 9.17) is 4.74 Å². The molecule has 23 heavy (non-hydrogen) atoms. The molecule has 0 aliphatic rings. The Balaban J connectivity index is 1.91. The van der Waals surface area contributed by atoms with E-state index in [0.717, 1.165) is 0 Å². The Morgan fingerprint density at radius 2 is 2.17 bits per heavy atom. The number of aromatic nitrogens is 2. The van der Waals surface area contributed by atoms with Crippen LogP contribution in [0.3, 0.4) is 0 Å². The van der Waals surface area contributed by atoms with Crippen molar-refractivity contribution in [2.75, 3.05) is 6.54 Å². The van der Waals surface area contributed by atoms with Crippen molar-refractivity contribution in [3.8, 4) is 5.75 Å². The quantitative estimate of drug-likeness (QED) is 0.820. The average molecular weight is 317 g/mol. The predicted molar refractivity (Wildman–Crippen MR) is 87.1 cm³/mol. The van der Waals surface area contributed by atoms with Gasteiger partial charge in [0.15, 0.2) is 0 Å². The SMILES string of the molecule is CC(C)Oc1cccc(C(O)CNC(=O)C(C)n2ccnc2)c1. The van der Waals surface area contributed by atoms with E-state index in [1.807, 2.05) is 32.0 Å². The summed E-state index contributed by atoms with van der Waals surface area (Å²) in [7, 11) is 0. The van der Waals surface area contributed by atoms with Gasteiger partial charge in [-0.05, 0) is 38.5 Å². The second-order valence-electron chi connectivity index (χ2n) is 5.69. The molecule has 0 bridgehead atoms. The van der Waals surface area contributed by atoms with Crippen molar-refractivity contribution in [2.24, 2.45) is 0 Å². The first-order chi connectivity index (χ1) is 11.0. The molecule has 1 amide bonds. The van der Waals surface area contributed by atoms with Crippen LogP contribution in [0.25, 0.3) is 0 Å². The molecule has 0 saturated carbocycles. The Bertz CT molecular complexity index is 626. The maximum Gasteiger partial charge on any atom is 0.242 e. The smallest absolute Gasteiger partial charge is 0.242 e. The number of carbonyl (C=O) groups is 1. The first kappa shape index (κ1) is 17.0. The molecule has 124 valence electrons. The van der Waals surface area contributed by atoms with E-state index in [9.17, 15) is 9.90 Å². The highest BCUT2D eigenvalue weighted by molar-refractivity contribution is 5.79. The zero-order valence-electron chi connectivity index (χ0n) is 13.6. The van der Waals surface area contributed by atoms with E-state index in [1.54, 1.807) is 36.3 Å². The van der Waals surface area contributed by atoms with Crippen LogP contribution in [0.1, 0.15) is 38.5 Å². The monoisotopic (exact) mass is 317 g/mol. The maximum atomic E-state index is 12.1. The van der Waals surface area contributed by atoms with Crippen LogP contribution in [-0.2, 0) is 4.79 Å². The van der Waals surface area contributed by atoms with Crippen molar-refractivity contribution in [2.45, 2.75) is 39.0 Å². The van der Waals surface area contributed by atoms with Gasteiger partial charge < -0.3 is 19.7 Å². The Labute approximate surface area is 136 Å². The van der Waals surface area contributed by atoms with E-state index in [1.165, 1.54) is 0 Å². The molecule has 2 N–H and O–H groups in total. The highest BCUT2D eigenvalue weighted by Gasteiger charge is 2.16. The number of nitrogens with zero attached hydrogens (tertiary/aromatic N) is 2. The number of benzene rings is 1. The van der Waals surface area contributed by atoms with Gasteiger partial charge in [-0.15, -0.1) is 0 Å². The molecule has 0 spiro atoms. The molecule has 6 heteroatoms. The Hall–Kier alpha value is -2.34. The van der Waals surface area contributed by atoms with Gasteiger partial charge in [0.1, 0.15) is 11.8 Å². The lowest BCUT2D eigenvalue weighted by Gasteiger charge is -2.17. The molecule has 2 aromatic rings. The summed E-state index contributed by atoms with van der Waals surface area (Å²) in [5.41, 5.74) is 0.707. The number of hydrogen-bond acceptors (Lipinski definition) is 4. The molecule has 2 atom stereocenters. The molecule has 1 aromatic carbocycles. The van der Waals surface area contributed by atoms with Crippen molar-refractivity contribution in [1.29, 1.82) is 0 Å². The summed E-state index contributed by atoms with van der Waals surface area (Å²) in [6, 6.07) is 6.89. The lowest BCUT2D eigenvalue weighted by atomic mass is 10.1. The van der Waals surface area contributed by atoms with Gasteiger partial charge in [-0.1, -0.05) is 12.1 Å². The van der Waals surface area contributed by atoms with Gasteiger partial charge in [0, 0.05) is 18.9 Å². The average Bonchev–Trinajstić information content (AvgIpc) is 3.05. The van der Waals surface area contributed by atoms with Crippen molar-refractivity contribution in [1.82, 2.24) is 14.9 Å². The summed E-state index contributed by atoms with van der Waals surface area (Å²) in [4.78, 5) is 16.0. The summed E-state index contributed by atoms with van der Waals surface area (Å²) >= 11 is 0. The summed E-state index contributed by atoms with van der Waals surface area (Å²) in [5.74, 6) is 0.534. The van der Waals surface area contributed by atoms with Crippen LogP contribution in [0.4, 0.5) is 0 Å². The number of nitrogens with one attached hydrogen (secondary N) is 1. The van der Waals surface area contributed by atoms with Crippen LogP contribution in [0.15, 0.2) is 43.0 Å². The van der Waals surface area contributed by atoms with E-state index in [0.29, 0.717) is 11.3 Å². The zero-order chi connectivity index (χ0) is 16.8. The molecule has 0 radical (unpaired) electrons. The van der Waals surface area contributed by atoms with Gasteiger partial charge in [0.25, 0.3) is 0 Å². The van der Waals surface area contributed by atoms with Gasteiger partial charge in [-0.3, -0.25) is 4.79 Å². The van der Waals surface area contributed by atoms with Gasteiger partial charge >= 0.3 is 0 Å². The summed E-state index contributed by atoms with van der Waals surface area (Å²) < 4.78 is 7.32. The molecule has 0 aliphatic carbocycles. The van der Waals surface area contributed by atoms with Crippen molar-refractivity contribution < 1.29 is 14.6 Å². The molecule has 6 nitrogen and oxygen atoms in total. The maximum absolute atomic E-state index is 12.1. The Morgan fingerprint density at radius 3 is 2.83 bits per heavy atom. The summed E-state index contributed by atoms with van der Waals surface area (Å²) in [6.45, 7) is 5.81. The molecule has 2 rings (SSSR count). The minimum atomic E-state index is -0.787. The van der Waals surface area contributed by atoms with Crippen LogP contribution < -0.4 is 10.1 Å². The normalized spacial score (nSPS) is 13.6. The highest BCUT2D eigenvalue weighted by atomic mass is 16.5. The van der Waals surface area contributed by atoms with Crippen LogP contribution >= 0.6 is 0 Å². The minimum Gasteiger partial charge on any atom is -0.491 e. The van der Waals surface area contributed by atoms with Crippen LogP contribution in [-0.4, -0.2) is 33.2 Å². The second-order valence-corrected chi connectivity index (χ2v) is 5.69. The first-order valence-electron chi connectivity index (χ1n) is 7.67. The number of rotatable bonds is 7. The van der Waals surface area contributed by atoms with Crippen molar-refractivity contribution >= 4 is 5.91 Å². The number of carbonyl (C=O) groups excluding carboxylic acids is 1. The lowest BCUT2D eigenvalue weighted by molar-refractivity contribution is -0.124. The van der Waals surface area contributed by atoms with Crippen LogP contribution in [0.2, 0.25) is 0 Å². The molecule has 2 unspecified atom stereocenters. The van der Waals surface area contributed by atoms with Crippen molar-refractivity contribution in [3.05, 3.63) is 48.5 Å². The third-order valence-electron chi connectivity index (χ3n) is 3.44. The van der Waals surface area contributed by atoms with E-state index >= 15 is 0 Å². The fourth-order valence-corrected chi connectivity index (χ4v) is 2.16. The Morgan fingerprint density at radius 1 is 1.39 bits per heavy atom. The molecular formula is C17H23N3O3. The molecule has 0 saturated heterocycles. The largest absolute Gasteiger partial charge is 0.491 e. The second kappa shape index (κ2) is 7.78. The van der Waals surface area contributed by atoms with Crippen LogP contribution in [0.5, 0.6) is 5.75 Å². The van der Waals surface area contributed by atoms with E-state index < -0.39 is 6.10 Å². The summed E-state index contributed by atoms with van der Waals surface area (Å²) in [6.07, 6.45) is 4.22. The standard InChI is InChI=1S/C17H23N3O3/c1-12(2)23-15-6-4-5-14(9-15)16(21)10-19-17(22)13(3)20-8-7-18-11-20/h4-9,11-13,16,21H,10H2,1-3H3,(H,19,22). The number of aliphatic hydroxyl groups excluding tert-OH is 1. The number of amides is 1. The third-order valence-corrected chi connectivity index (χ3v) is 3.44. The van der Waals surface area contributed by atoms with Gasteiger partial charge in [-0.2, -0.15) is 0 Å². The molecular weight excluding hydrogens is 294 g/mol. The fourth-order valence-electron chi connectivity index (χ4n) is 2.16. The lowest BCUT2D eigenvalue weighted by Crippen LogP contribution is -2.33. The zero-order valence-corrected chi connectivity index (χ0v) is 13.6. The Kier molecular flexibility index (Phi) is 5.76. The number of aliphatic hydroxyl groups is 1. The summed E-state index contributed by atoms with van der Waals surface area (Å²) in [5, 5.41) is 13.0. The fraction of sp³-hybridized carbons (Fsp3) is 0.412. The van der Waals surface area contributed by atoms with Crippen molar-refractivity contribution in [3.63, 3.8) is 0 Å². The van der Waals surface area contributed by atoms with E-state index in [2.05, 4.69) is 10.3 Å². The molecule has 0 fully saturated rings. The topological polar surface area (TPSA) is 76.4 Å². The molecule has 1 aromatic heterocycles. The number of hydrogen-bond donors (Lipinski definition) is 2. The molecule has 1 heterocycles. The van der Waals surface area contributed by atoms with Crippen LogP contribution in [0, 0.1) is 0 Å². The van der Waals surface area contributed by atoms with Gasteiger partial charge in [-0.25, -0.2) is 4.98 Å². The van der Waals surface area contributed by atoms with E-state index in [-0.39, 0.29) is 24.6 Å². The molecule has 0 aliphatic heterocycles. The highest BCUT2D eigenvalue weighted by Crippen LogP contribution is 2.20. The number of imidazole rings is 1. The first-order valence-corrected chi connectivity index (χ1v) is 7.67. The van der Waals surface area contributed by atoms with Gasteiger partial charge in [0.05, 0.1) is 18.5 Å². The van der Waals surface area contributed by atoms with Gasteiger partial charge in [0.2, 0.25) is 5.91 Å². The third kappa shape index (κ3) is 4.82. The number of ether oxygens (including phenoxy) is 1. The minimum absolute atomic E-state index is 0.0677.